The van der Waals surface area contributed by atoms with Crippen molar-refractivity contribution < 1.29 is 9.13 Å². The number of nitrogens with zero attached hydrogens (tertiary/aromatic N) is 1. The van der Waals surface area contributed by atoms with Crippen molar-refractivity contribution in [1.29, 1.82) is 5.41 Å². The fraction of sp³-hybridized carbons (Fsp3) is 0.500. The molecule has 1 heterocycles. The average Bonchev–Trinajstić information content (AvgIpc) is 2.38. The Morgan fingerprint density at radius 2 is 2.32 bits per heavy atom. The van der Waals surface area contributed by atoms with Gasteiger partial charge >= 0.3 is 0 Å². The summed E-state index contributed by atoms with van der Waals surface area (Å²) in [5.41, 5.74) is 6.70. The molecule has 104 valence electrons. The molecule has 1 aliphatic heterocycles. The Hall–Kier alpha value is -1.46. The highest BCUT2D eigenvalue weighted by atomic mass is 19.1. The number of morpholine rings is 1. The van der Waals surface area contributed by atoms with E-state index in [-0.39, 0.29) is 17.8 Å². The van der Waals surface area contributed by atoms with Crippen LogP contribution in [0.25, 0.3) is 0 Å². The molecule has 0 amide bonds. The molecule has 1 aromatic carbocycles. The lowest BCUT2D eigenvalue weighted by Crippen LogP contribution is -2.41. The number of nitrogens with one attached hydrogen (secondary N) is 1. The van der Waals surface area contributed by atoms with Crippen LogP contribution in [0.5, 0.6) is 0 Å². The smallest absolute Gasteiger partial charge is 0.124 e. The lowest BCUT2D eigenvalue weighted by atomic mass is 10.1. The molecule has 1 aromatic rings. The number of hydrogen-bond donors (Lipinski definition) is 2. The summed E-state index contributed by atoms with van der Waals surface area (Å²) < 4.78 is 19.1. The SMILES string of the molecule is CCC1CN(Cc2cc(F)cc(C(=N)N)c2)CCO1. The molecular formula is C14H20FN3O. The maximum atomic E-state index is 13.5. The summed E-state index contributed by atoms with van der Waals surface area (Å²) in [7, 11) is 0. The topological polar surface area (TPSA) is 62.3 Å². The van der Waals surface area contributed by atoms with Gasteiger partial charge in [0, 0.05) is 25.2 Å². The molecule has 3 N–H and O–H groups in total. The monoisotopic (exact) mass is 265 g/mol. The molecule has 0 aromatic heterocycles. The number of rotatable bonds is 4. The van der Waals surface area contributed by atoms with Crippen LogP contribution in [0, 0.1) is 11.2 Å². The Balaban J connectivity index is 2.08. The standard InChI is InChI=1S/C14H20FN3O/c1-2-13-9-18(3-4-19-13)8-10-5-11(14(16)17)7-12(15)6-10/h5-7,13H,2-4,8-9H2,1H3,(H3,16,17). The second-order valence-electron chi connectivity index (χ2n) is 4.90. The molecule has 4 nitrogen and oxygen atoms in total. The zero-order chi connectivity index (χ0) is 13.8. The van der Waals surface area contributed by atoms with Crippen molar-refractivity contribution in [2.75, 3.05) is 19.7 Å². The minimum Gasteiger partial charge on any atom is -0.384 e. The maximum absolute atomic E-state index is 13.5. The lowest BCUT2D eigenvalue weighted by molar-refractivity contribution is -0.0324. The number of amidine groups is 1. The van der Waals surface area contributed by atoms with E-state index in [0.29, 0.717) is 18.7 Å². The van der Waals surface area contributed by atoms with Crippen LogP contribution >= 0.6 is 0 Å². The van der Waals surface area contributed by atoms with E-state index in [1.54, 1.807) is 6.07 Å². The predicted octanol–water partition coefficient (Wildman–Crippen LogP) is 1.72. The van der Waals surface area contributed by atoms with E-state index >= 15 is 0 Å². The molecule has 0 aliphatic carbocycles. The van der Waals surface area contributed by atoms with E-state index in [0.717, 1.165) is 25.1 Å². The van der Waals surface area contributed by atoms with Crippen molar-refractivity contribution in [3.8, 4) is 0 Å². The Bertz CT molecular complexity index is 464. The number of nitrogens with two attached hydrogens (primary N) is 1. The molecular weight excluding hydrogens is 245 g/mol. The summed E-state index contributed by atoms with van der Waals surface area (Å²) in [5.74, 6) is -0.447. The third-order valence-electron chi connectivity index (χ3n) is 3.35. The van der Waals surface area contributed by atoms with Gasteiger partial charge in [-0.25, -0.2) is 4.39 Å². The van der Waals surface area contributed by atoms with E-state index in [2.05, 4.69) is 11.8 Å². The van der Waals surface area contributed by atoms with Crippen LogP contribution in [0.4, 0.5) is 4.39 Å². The van der Waals surface area contributed by atoms with Crippen molar-refractivity contribution in [1.82, 2.24) is 4.90 Å². The number of ether oxygens (including phenoxy) is 1. The van der Waals surface area contributed by atoms with E-state index in [4.69, 9.17) is 15.9 Å². The molecule has 0 radical (unpaired) electrons. The fourth-order valence-corrected chi connectivity index (χ4v) is 2.33. The van der Waals surface area contributed by atoms with E-state index in [1.165, 1.54) is 12.1 Å². The lowest BCUT2D eigenvalue weighted by Gasteiger charge is -2.32. The largest absolute Gasteiger partial charge is 0.384 e. The highest BCUT2D eigenvalue weighted by Crippen LogP contribution is 2.15. The third kappa shape index (κ3) is 3.75. The molecule has 5 heteroatoms. The molecule has 1 unspecified atom stereocenters. The Kier molecular flexibility index (Phi) is 4.50. The van der Waals surface area contributed by atoms with Crippen LogP contribution in [-0.4, -0.2) is 36.5 Å². The summed E-state index contributed by atoms with van der Waals surface area (Å²) in [4.78, 5) is 2.25. The molecule has 0 bridgehead atoms. The summed E-state index contributed by atoms with van der Waals surface area (Å²) in [6.45, 7) is 5.19. The van der Waals surface area contributed by atoms with Gasteiger partial charge < -0.3 is 10.5 Å². The van der Waals surface area contributed by atoms with Gasteiger partial charge in [0.15, 0.2) is 0 Å². The van der Waals surface area contributed by atoms with Gasteiger partial charge in [0.25, 0.3) is 0 Å². The van der Waals surface area contributed by atoms with Crippen molar-refractivity contribution in [2.24, 2.45) is 5.73 Å². The Morgan fingerprint density at radius 1 is 1.53 bits per heavy atom. The Labute approximate surface area is 112 Å². The second-order valence-corrected chi connectivity index (χ2v) is 4.90. The van der Waals surface area contributed by atoms with Gasteiger partial charge in [-0.3, -0.25) is 10.3 Å². The van der Waals surface area contributed by atoms with E-state index in [9.17, 15) is 4.39 Å². The number of benzene rings is 1. The molecule has 1 saturated heterocycles. The minimum absolute atomic E-state index is 0.103. The highest BCUT2D eigenvalue weighted by molar-refractivity contribution is 5.95. The first-order valence-corrected chi connectivity index (χ1v) is 6.56. The zero-order valence-corrected chi connectivity index (χ0v) is 11.2. The third-order valence-corrected chi connectivity index (χ3v) is 3.35. The van der Waals surface area contributed by atoms with Crippen molar-refractivity contribution in [3.05, 3.63) is 35.1 Å². The molecule has 19 heavy (non-hydrogen) atoms. The van der Waals surface area contributed by atoms with Crippen molar-refractivity contribution in [2.45, 2.75) is 26.0 Å². The molecule has 1 aliphatic rings. The van der Waals surface area contributed by atoms with Crippen LogP contribution in [0.15, 0.2) is 18.2 Å². The van der Waals surface area contributed by atoms with Crippen LogP contribution < -0.4 is 5.73 Å². The maximum Gasteiger partial charge on any atom is 0.124 e. The number of hydrogen-bond acceptors (Lipinski definition) is 3. The summed E-state index contributed by atoms with van der Waals surface area (Å²) in [6, 6.07) is 4.57. The second kappa shape index (κ2) is 6.12. The first kappa shape index (κ1) is 14.0. The van der Waals surface area contributed by atoms with Crippen LogP contribution in [0.2, 0.25) is 0 Å². The molecule has 2 rings (SSSR count). The van der Waals surface area contributed by atoms with Gasteiger partial charge in [0.2, 0.25) is 0 Å². The normalized spacial score (nSPS) is 20.4. The van der Waals surface area contributed by atoms with Crippen molar-refractivity contribution in [3.63, 3.8) is 0 Å². The van der Waals surface area contributed by atoms with Gasteiger partial charge in [-0.05, 0) is 30.2 Å². The highest BCUT2D eigenvalue weighted by Gasteiger charge is 2.19. The Morgan fingerprint density at radius 3 is 3.00 bits per heavy atom. The fourth-order valence-electron chi connectivity index (χ4n) is 2.33. The van der Waals surface area contributed by atoms with Gasteiger partial charge in [-0.15, -0.1) is 0 Å². The summed E-state index contributed by atoms with van der Waals surface area (Å²) in [5, 5.41) is 7.39. The van der Waals surface area contributed by atoms with Crippen molar-refractivity contribution >= 4 is 5.84 Å². The average molecular weight is 265 g/mol. The molecule has 1 fully saturated rings. The predicted molar refractivity (Wildman–Crippen MR) is 72.7 cm³/mol. The number of nitrogen functional groups attached to an aromatic ring is 1. The zero-order valence-electron chi connectivity index (χ0n) is 11.2. The minimum atomic E-state index is -0.344. The molecule has 0 spiro atoms. The summed E-state index contributed by atoms with van der Waals surface area (Å²) >= 11 is 0. The quantitative estimate of drug-likeness (QED) is 0.643. The van der Waals surface area contributed by atoms with Gasteiger partial charge in [-0.1, -0.05) is 6.92 Å². The van der Waals surface area contributed by atoms with Gasteiger partial charge in [-0.2, -0.15) is 0 Å². The van der Waals surface area contributed by atoms with Crippen LogP contribution in [0.3, 0.4) is 0 Å². The number of halogens is 1. The molecule has 0 saturated carbocycles. The van der Waals surface area contributed by atoms with E-state index in [1.807, 2.05) is 0 Å². The van der Waals surface area contributed by atoms with Crippen LogP contribution in [0.1, 0.15) is 24.5 Å². The first-order valence-electron chi connectivity index (χ1n) is 6.56. The van der Waals surface area contributed by atoms with Gasteiger partial charge in [0.05, 0.1) is 12.7 Å². The van der Waals surface area contributed by atoms with Crippen LogP contribution in [-0.2, 0) is 11.3 Å². The van der Waals surface area contributed by atoms with Gasteiger partial charge in [0.1, 0.15) is 11.7 Å². The van der Waals surface area contributed by atoms with E-state index < -0.39 is 0 Å². The molecule has 1 atom stereocenters. The first-order chi connectivity index (χ1) is 9.08. The summed E-state index contributed by atoms with van der Waals surface area (Å²) in [6.07, 6.45) is 1.24.